The Morgan fingerprint density at radius 2 is 1.80 bits per heavy atom. The molecule has 104 valence electrons. The first-order valence-corrected chi connectivity index (χ1v) is 5.86. The molecule has 0 unspecified atom stereocenters. The van der Waals surface area contributed by atoms with Crippen molar-refractivity contribution < 1.29 is 23.8 Å². The highest BCUT2D eigenvalue weighted by atomic mass is 19.1. The summed E-state index contributed by atoms with van der Waals surface area (Å²) in [6.45, 7) is 1.90. The molecule has 2 rings (SSSR count). The average Bonchev–Trinajstić information content (AvgIpc) is 2.42. The van der Waals surface area contributed by atoms with Gasteiger partial charge in [-0.15, -0.1) is 0 Å². The lowest BCUT2D eigenvalue weighted by atomic mass is 10.2. The van der Waals surface area contributed by atoms with Crippen LogP contribution < -0.4 is 9.47 Å². The van der Waals surface area contributed by atoms with Gasteiger partial charge in [0, 0.05) is 0 Å². The third kappa shape index (κ3) is 2.88. The molecule has 0 spiro atoms. The zero-order valence-corrected chi connectivity index (χ0v) is 11.0. The van der Waals surface area contributed by atoms with Crippen molar-refractivity contribution in [1.29, 1.82) is 0 Å². The van der Waals surface area contributed by atoms with Crippen molar-refractivity contribution in [3.63, 3.8) is 0 Å². The van der Waals surface area contributed by atoms with E-state index in [0.29, 0.717) is 11.5 Å². The summed E-state index contributed by atoms with van der Waals surface area (Å²) < 4.78 is 24.4. The van der Waals surface area contributed by atoms with Crippen LogP contribution in [0.4, 0.5) is 4.39 Å². The predicted octanol–water partition coefficient (Wildman–Crippen LogP) is 3.63. The Labute approximate surface area is 115 Å². The lowest BCUT2D eigenvalue weighted by Crippen LogP contribution is -1.98. The number of hydrogen-bond acceptors (Lipinski definition) is 3. The fourth-order valence-electron chi connectivity index (χ4n) is 1.69. The number of methoxy groups -OCH3 is 1. The summed E-state index contributed by atoms with van der Waals surface area (Å²) in [5.41, 5.74) is 0.849. The van der Waals surface area contributed by atoms with Crippen LogP contribution in [0.3, 0.4) is 0 Å². The number of hydrogen-bond donors (Lipinski definition) is 1. The molecule has 5 heteroatoms. The summed E-state index contributed by atoms with van der Waals surface area (Å²) in [7, 11) is 1.49. The number of carbonyl (C=O) groups is 1. The summed E-state index contributed by atoms with van der Waals surface area (Å²) in [5, 5.41) is 8.78. The Morgan fingerprint density at radius 3 is 2.40 bits per heavy atom. The van der Waals surface area contributed by atoms with Crippen LogP contribution >= 0.6 is 0 Å². The smallest absolute Gasteiger partial charge is 0.335 e. The van der Waals surface area contributed by atoms with Gasteiger partial charge in [-0.3, -0.25) is 0 Å². The molecule has 20 heavy (non-hydrogen) atoms. The minimum Gasteiger partial charge on any atom is -0.493 e. The van der Waals surface area contributed by atoms with E-state index in [4.69, 9.17) is 14.6 Å². The van der Waals surface area contributed by atoms with E-state index >= 15 is 0 Å². The Balaban J connectivity index is 2.33. The number of ether oxygens (including phenoxy) is 2. The second-order valence-corrected chi connectivity index (χ2v) is 4.21. The predicted molar refractivity (Wildman–Crippen MR) is 71.2 cm³/mol. The largest absolute Gasteiger partial charge is 0.493 e. The summed E-state index contributed by atoms with van der Waals surface area (Å²) >= 11 is 0. The van der Waals surface area contributed by atoms with Crippen molar-refractivity contribution in [3.8, 4) is 17.2 Å². The van der Waals surface area contributed by atoms with Crippen LogP contribution in [-0.2, 0) is 0 Å². The molecule has 0 saturated heterocycles. The number of aryl methyl sites for hydroxylation is 1. The molecule has 4 nitrogen and oxygen atoms in total. The number of carboxylic acids is 1. The Kier molecular flexibility index (Phi) is 3.89. The molecule has 1 N–H and O–H groups in total. The Morgan fingerprint density at radius 1 is 1.10 bits per heavy atom. The Hall–Kier alpha value is -2.56. The molecule has 0 saturated carbocycles. The first-order valence-electron chi connectivity index (χ1n) is 5.86. The van der Waals surface area contributed by atoms with Crippen LogP contribution in [0.5, 0.6) is 17.2 Å². The third-order valence-electron chi connectivity index (χ3n) is 2.72. The molecule has 0 fully saturated rings. The molecule has 0 aliphatic heterocycles. The van der Waals surface area contributed by atoms with Crippen molar-refractivity contribution in [2.75, 3.05) is 7.11 Å². The van der Waals surface area contributed by atoms with Gasteiger partial charge in [-0.05, 0) is 42.8 Å². The van der Waals surface area contributed by atoms with E-state index in [2.05, 4.69) is 0 Å². The van der Waals surface area contributed by atoms with Gasteiger partial charge < -0.3 is 14.6 Å². The first kappa shape index (κ1) is 13.9. The molecular weight excluding hydrogens is 263 g/mol. The van der Waals surface area contributed by atoms with E-state index in [1.165, 1.54) is 19.2 Å². The number of rotatable bonds is 4. The number of aromatic carboxylic acids is 1. The normalized spacial score (nSPS) is 10.2. The zero-order valence-electron chi connectivity index (χ0n) is 11.0. The summed E-state index contributed by atoms with van der Waals surface area (Å²) in [4.78, 5) is 10.7. The molecule has 0 bridgehead atoms. The number of carboxylic acid groups (broad SMARTS) is 1. The lowest BCUT2D eigenvalue weighted by Gasteiger charge is -2.11. The molecular formula is C15H13FO4. The molecule has 2 aromatic carbocycles. The number of halogens is 1. The van der Waals surface area contributed by atoms with Gasteiger partial charge in [-0.2, -0.15) is 0 Å². The standard InChI is InChI=1S/C15H13FO4/c1-9-3-5-13(14(7-9)19-2)20-12-6-4-10(15(17)18)8-11(12)16/h3-8H,1-2H3,(H,17,18). The summed E-state index contributed by atoms with van der Waals surface area (Å²) in [5.74, 6) is -1.15. The van der Waals surface area contributed by atoms with E-state index in [1.807, 2.05) is 6.92 Å². The van der Waals surface area contributed by atoms with Gasteiger partial charge in [0.1, 0.15) is 0 Å². The molecule has 0 aliphatic carbocycles. The Bertz CT molecular complexity index is 652. The van der Waals surface area contributed by atoms with Crippen molar-refractivity contribution in [2.24, 2.45) is 0 Å². The van der Waals surface area contributed by atoms with E-state index in [-0.39, 0.29) is 11.3 Å². The minimum absolute atomic E-state index is 0.0582. The highest BCUT2D eigenvalue weighted by Crippen LogP contribution is 2.33. The van der Waals surface area contributed by atoms with Crippen LogP contribution in [-0.4, -0.2) is 18.2 Å². The maximum absolute atomic E-state index is 13.8. The van der Waals surface area contributed by atoms with Crippen molar-refractivity contribution in [3.05, 3.63) is 53.3 Å². The van der Waals surface area contributed by atoms with Gasteiger partial charge in [0.2, 0.25) is 0 Å². The fraction of sp³-hybridized carbons (Fsp3) is 0.133. The van der Waals surface area contributed by atoms with Crippen molar-refractivity contribution in [2.45, 2.75) is 6.92 Å². The second kappa shape index (κ2) is 5.61. The van der Waals surface area contributed by atoms with Gasteiger partial charge in [0.05, 0.1) is 12.7 Å². The minimum atomic E-state index is -1.19. The highest BCUT2D eigenvalue weighted by molar-refractivity contribution is 5.87. The van der Waals surface area contributed by atoms with E-state index in [1.54, 1.807) is 18.2 Å². The SMILES string of the molecule is COc1cc(C)ccc1Oc1ccc(C(=O)O)cc1F. The molecule has 0 radical (unpaired) electrons. The third-order valence-corrected chi connectivity index (χ3v) is 2.72. The van der Waals surface area contributed by atoms with Crippen LogP contribution in [0.25, 0.3) is 0 Å². The van der Waals surface area contributed by atoms with Gasteiger partial charge in [-0.1, -0.05) is 6.07 Å². The van der Waals surface area contributed by atoms with Gasteiger partial charge in [0.15, 0.2) is 23.1 Å². The highest BCUT2D eigenvalue weighted by Gasteiger charge is 2.12. The first-order chi connectivity index (χ1) is 9.51. The quantitative estimate of drug-likeness (QED) is 0.926. The van der Waals surface area contributed by atoms with Crippen molar-refractivity contribution in [1.82, 2.24) is 0 Å². The molecule has 2 aromatic rings. The van der Waals surface area contributed by atoms with Crippen LogP contribution in [0, 0.1) is 12.7 Å². The number of benzene rings is 2. The molecule has 0 aliphatic rings. The van der Waals surface area contributed by atoms with Gasteiger partial charge in [-0.25, -0.2) is 9.18 Å². The van der Waals surface area contributed by atoms with Crippen LogP contribution in [0.2, 0.25) is 0 Å². The van der Waals surface area contributed by atoms with E-state index < -0.39 is 11.8 Å². The molecule has 0 aromatic heterocycles. The van der Waals surface area contributed by atoms with E-state index in [0.717, 1.165) is 11.6 Å². The second-order valence-electron chi connectivity index (χ2n) is 4.21. The average molecular weight is 276 g/mol. The molecule has 0 amide bonds. The fourth-order valence-corrected chi connectivity index (χ4v) is 1.69. The summed E-state index contributed by atoms with van der Waals surface area (Å²) in [6, 6.07) is 8.71. The van der Waals surface area contributed by atoms with Crippen LogP contribution in [0.15, 0.2) is 36.4 Å². The van der Waals surface area contributed by atoms with Gasteiger partial charge in [0.25, 0.3) is 0 Å². The van der Waals surface area contributed by atoms with Crippen LogP contribution in [0.1, 0.15) is 15.9 Å². The van der Waals surface area contributed by atoms with E-state index in [9.17, 15) is 9.18 Å². The molecule has 0 heterocycles. The maximum Gasteiger partial charge on any atom is 0.335 e. The molecule has 0 atom stereocenters. The maximum atomic E-state index is 13.8. The lowest BCUT2D eigenvalue weighted by molar-refractivity contribution is 0.0696. The summed E-state index contributed by atoms with van der Waals surface area (Å²) in [6.07, 6.45) is 0. The zero-order chi connectivity index (χ0) is 14.7. The van der Waals surface area contributed by atoms with Gasteiger partial charge >= 0.3 is 5.97 Å². The topological polar surface area (TPSA) is 55.8 Å². The monoisotopic (exact) mass is 276 g/mol. The van der Waals surface area contributed by atoms with Crippen molar-refractivity contribution >= 4 is 5.97 Å².